The number of benzene rings is 2. The summed E-state index contributed by atoms with van der Waals surface area (Å²) in [6, 6.07) is 15.7. The van der Waals surface area contributed by atoms with Crippen LogP contribution in [0.1, 0.15) is 68.1 Å². The normalized spacial score (nSPS) is 17.4. The fourth-order valence-electron chi connectivity index (χ4n) is 4.36. The van der Waals surface area contributed by atoms with Crippen molar-refractivity contribution in [2.45, 2.75) is 57.8 Å². The van der Waals surface area contributed by atoms with Crippen LogP contribution in [-0.2, 0) is 6.42 Å². The number of hydrogen-bond acceptors (Lipinski definition) is 2. The van der Waals surface area contributed by atoms with Crippen molar-refractivity contribution in [3.8, 4) is 5.75 Å². The predicted molar refractivity (Wildman–Crippen MR) is 115 cm³/mol. The lowest BCUT2D eigenvalue weighted by Crippen LogP contribution is -2.05. The van der Waals surface area contributed by atoms with E-state index in [4.69, 9.17) is 4.74 Å². The quantitative estimate of drug-likeness (QED) is 0.587. The van der Waals surface area contributed by atoms with Crippen LogP contribution < -0.4 is 10.1 Å². The number of rotatable bonds is 6. The van der Waals surface area contributed by atoms with E-state index in [-0.39, 0.29) is 0 Å². The van der Waals surface area contributed by atoms with Crippen molar-refractivity contribution in [1.82, 2.24) is 0 Å². The molecule has 27 heavy (non-hydrogen) atoms. The summed E-state index contributed by atoms with van der Waals surface area (Å²) < 4.78 is 5.60. The second kappa shape index (κ2) is 8.65. The molecule has 1 aliphatic heterocycles. The van der Waals surface area contributed by atoms with Crippen LogP contribution in [0, 0.1) is 0 Å². The standard InChI is InChI=1S/C25H31NO/c1-19(22-11-14-25-23(18-22)15-17-27-25)6-5-16-26-24-12-9-21(10-13-24)20-7-3-2-4-8-20/h6,9-14,18,20,26H,2-5,7-8,15-17H2,1H3/b19-6+. The molecule has 0 spiro atoms. The molecule has 0 aromatic heterocycles. The second-order valence-electron chi connectivity index (χ2n) is 7.98. The van der Waals surface area contributed by atoms with Gasteiger partial charge >= 0.3 is 0 Å². The Morgan fingerprint density at radius 1 is 1.07 bits per heavy atom. The largest absolute Gasteiger partial charge is 0.493 e. The van der Waals surface area contributed by atoms with Crippen LogP contribution in [0.3, 0.4) is 0 Å². The fraction of sp³-hybridized carbons (Fsp3) is 0.440. The maximum absolute atomic E-state index is 5.60. The summed E-state index contributed by atoms with van der Waals surface area (Å²) >= 11 is 0. The first-order chi connectivity index (χ1) is 13.3. The van der Waals surface area contributed by atoms with Crippen molar-refractivity contribution < 1.29 is 4.74 Å². The lowest BCUT2D eigenvalue weighted by Gasteiger charge is -2.22. The monoisotopic (exact) mass is 361 g/mol. The van der Waals surface area contributed by atoms with E-state index < -0.39 is 0 Å². The van der Waals surface area contributed by atoms with Crippen molar-refractivity contribution in [3.63, 3.8) is 0 Å². The van der Waals surface area contributed by atoms with E-state index in [1.165, 1.54) is 60.1 Å². The van der Waals surface area contributed by atoms with Crippen LogP contribution in [0.15, 0.2) is 48.5 Å². The first-order valence-electron chi connectivity index (χ1n) is 10.6. The van der Waals surface area contributed by atoms with E-state index in [1.807, 2.05) is 0 Å². The minimum atomic E-state index is 0.788. The van der Waals surface area contributed by atoms with Crippen molar-refractivity contribution >= 4 is 11.3 Å². The van der Waals surface area contributed by atoms with Crippen LogP contribution in [0.25, 0.3) is 5.57 Å². The third-order valence-electron chi connectivity index (χ3n) is 6.06. The average molecular weight is 362 g/mol. The molecule has 1 fully saturated rings. The maximum atomic E-state index is 5.60. The highest BCUT2D eigenvalue weighted by atomic mass is 16.5. The Kier molecular flexibility index (Phi) is 5.81. The third kappa shape index (κ3) is 4.55. The number of ether oxygens (including phenoxy) is 1. The summed E-state index contributed by atoms with van der Waals surface area (Å²) in [6.07, 6.45) is 11.3. The van der Waals surface area contributed by atoms with Crippen LogP contribution in [-0.4, -0.2) is 13.2 Å². The van der Waals surface area contributed by atoms with Gasteiger partial charge in [0.15, 0.2) is 0 Å². The van der Waals surface area contributed by atoms with Gasteiger partial charge in [0.2, 0.25) is 0 Å². The molecule has 2 heteroatoms. The van der Waals surface area contributed by atoms with Gasteiger partial charge in [-0.25, -0.2) is 0 Å². The maximum Gasteiger partial charge on any atom is 0.122 e. The molecule has 0 atom stereocenters. The summed E-state index contributed by atoms with van der Waals surface area (Å²) in [4.78, 5) is 0. The topological polar surface area (TPSA) is 21.3 Å². The van der Waals surface area contributed by atoms with E-state index in [9.17, 15) is 0 Å². The van der Waals surface area contributed by atoms with Gasteiger partial charge < -0.3 is 10.1 Å². The molecule has 0 radical (unpaired) electrons. The molecule has 2 aromatic rings. The molecule has 1 N–H and O–H groups in total. The Balaban J connectivity index is 1.27. The lowest BCUT2D eigenvalue weighted by molar-refractivity contribution is 0.357. The number of nitrogens with one attached hydrogen (secondary N) is 1. The average Bonchev–Trinajstić information content (AvgIpc) is 3.20. The van der Waals surface area contributed by atoms with Crippen LogP contribution in [0.2, 0.25) is 0 Å². The molecule has 1 saturated carbocycles. The van der Waals surface area contributed by atoms with Crippen LogP contribution in [0.4, 0.5) is 5.69 Å². The van der Waals surface area contributed by atoms with Gasteiger partial charge in [0.1, 0.15) is 5.75 Å². The highest BCUT2D eigenvalue weighted by molar-refractivity contribution is 5.65. The zero-order valence-corrected chi connectivity index (χ0v) is 16.5. The number of allylic oxidation sites excluding steroid dienone is 1. The Bertz CT molecular complexity index is 784. The Morgan fingerprint density at radius 2 is 1.89 bits per heavy atom. The molecule has 2 aromatic carbocycles. The molecular formula is C25H31NO. The first kappa shape index (κ1) is 18.2. The van der Waals surface area contributed by atoms with Gasteiger partial charge in [-0.1, -0.05) is 43.5 Å². The van der Waals surface area contributed by atoms with Gasteiger partial charge in [0.25, 0.3) is 0 Å². The molecule has 142 valence electrons. The van der Waals surface area contributed by atoms with Crippen LogP contribution in [0.5, 0.6) is 5.75 Å². The molecule has 2 nitrogen and oxygen atoms in total. The first-order valence-corrected chi connectivity index (χ1v) is 10.6. The Hall–Kier alpha value is -2.22. The third-order valence-corrected chi connectivity index (χ3v) is 6.06. The predicted octanol–water partition coefficient (Wildman–Crippen LogP) is 6.57. The smallest absolute Gasteiger partial charge is 0.122 e. The van der Waals surface area contributed by atoms with Gasteiger partial charge in [0, 0.05) is 18.7 Å². The van der Waals surface area contributed by atoms with Gasteiger partial charge in [-0.05, 0) is 78.6 Å². The molecule has 0 amide bonds. The van der Waals surface area contributed by atoms with E-state index in [2.05, 4.69) is 60.8 Å². The summed E-state index contributed by atoms with van der Waals surface area (Å²) in [5.41, 5.74) is 6.76. The zero-order chi connectivity index (χ0) is 18.5. The molecule has 0 saturated heterocycles. The van der Waals surface area contributed by atoms with Gasteiger partial charge in [0.05, 0.1) is 6.61 Å². The molecule has 1 aliphatic carbocycles. The van der Waals surface area contributed by atoms with Crippen molar-refractivity contribution in [1.29, 1.82) is 0 Å². The SMILES string of the molecule is C/C(=C\CCNc1ccc(C2CCCCC2)cc1)c1ccc2c(c1)CCO2. The van der Waals surface area contributed by atoms with E-state index in [1.54, 1.807) is 0 Å². The second-order valence-corrected chi connectivity index (χ2v) is 7.98. The van der Waals surface area contributed by atoms with Crippen molar-refractivity contribution in [3.05, 3.63) is 65.2 Å². The molecule has 4 rings (SSSR count). The summed E-state index contributed by atoms with van der Waals surface area (Å²) in [7, 11) is 0. The van der Waals surface area contributed by atoms with Gasteiger partial charge in [-0.2, -0.15) is 0 Å². The zero-order valence-electron chi connectivity index (χ0n) is 16.5. The summed E-state index contributed by atoms with van der Waals surface area (Å²) in [5.74, 6) is 1.85. The van der Waals surface area contributed by atoms with Crippen LogP contribution >= 0.6 is 0 Å². The lowest BCUT2D eigenvalue weighted by atomic mass is 9.84. The van der Waals surface area contributed by atoms with Gasteiger partial charge in [-0.3, -0.25) is 0 Å². The fourth-order valence-corrected chi connectivity index (χ4v) is 4.36. The van der Waals surface area contributed by atoms with E-state index in [0.29, 0.717) is 0 Å². The van der Waals surface area contributed by atoms with E-state index in [0.717, 1.165) is 37.7 Å². The molecule has 1 heterocycles. The molecule has 2 aliphatic rings. The molecule has 0 bridgehead atoms. The summed E-state index contributed by atoms with van der Waals surface area (Å²) in [5, 5.41) is 3.56. The number of anilines is 1. The minimum Gasteiger partial charge on any atom is -0.493 e. The highest BCUT2D eigenvalue weighted by Crippen LogP contribution is 2.33. The van der Waals surface area contributed by atoms with E-state index >= 15 is 0 Å². The van der Waals surface area contributed by atoms with Crippen molar-refractivity contribution in [2.24, 2.45) is 0 Å². The summed E-state index contributed by atoms with van der Waals surface area (Å²) in [6.45, 7) is 4.00. The Morgan fingerprint density at radius 3 is 2.70 bits per heavy atom. The number of hydrogen-bond donors (Lipinski definition) is 1. The number of fused-ring (bicyclic) bond motifs is 1. The Labute approximate surface area is 163 Å². The molecular weight excluding hydrogens is 330 g/mol. The molecule has 0 unspecified atom stereocenters. The van der Waals surface area contributed by atoms with Crippen molar-refractivity contribution in [2.75, 3.05) is 18.5 Å². The minimum absolute atomic E-state index is 0.788. The van der Waals surface area contributed by atoms with Gasteiger partial charge in [-0.15, -0.1) is 0 Å². The highest BCUT2D eigenvalue weighted by Gasteiger charge is 2.15.